The predicted octanol–water partition coefficient (Wildman–Crippen LogP) is 1.33. The van der Waals surface area contributed by atoms with Gasteiger partial charge in [-0.1, -0.05) is 34.6 Å². The van der Waals surface area contributed by atoms with Crippen molar-refractivity contribution in [2.45, 2.75) is 76.9 Å². The van der Waals surface area contributed by atoms with Gasteiger partial charge in [0.25, 0.3) is 0 Å². The molecule has 3 N–H and O–H groups in total. The molecule has 41 heavy (non-hydrogen) atoms. The van der Waals surface area contributed by atoms with Gasteiger partial charge in [-0.25, -0.2) is 8.42 Å². The summed E-state index contributed by atoms with van der Waals surface area (Å²) in [4.78, 5) is 41.4. The highest BCUT2D eigenvalue weighted by atomic mass is 32.2. The van der Waals surface area contributed by atoms with Gasteiger partial charge in [-0.05, 0) is 59.3 Å². The van der Waals surface area contributed by atoms with Crippen LogP contribution in [0.1, 0.15) is 53.0 Å². The summed E-state index contributed by atoms with van der Waals surface area (Å²) in [5.41, 5.74) is -0.180. The van der Waals surface area contributed by atoms with E-state index in [1.807, 2.05) is 0 Å². The zero-order chi connectivity index (χ0) is 29.9. The molecule has 1 aromatic rings. The first-order chi connectivity index (χ1) is 19.1. The average molecular weight is 586 g/mol. The number of ether oxygens (including phenoxy) is 1. The summed E-state index contributed by atoms with van der Waals surface area (Å²) in [7, 11) is -4.08. The van der Waals surface area contributed by atoms with E-state index in [1.54, 1.807) is 32.9 Å². The van der Waals surface area contributed by atoms with E-state index in [2.05, 4.69) is 35.3 Å². The number of likely N-dealkylation sites (tertiary alicyclic amines) is 1. The summed E-state index contributed by atoms with van der Waals surface area (Å²) in [6.07, 6.45) is 1.41. The molecule has 2 saturated heterocycles. The van der Waals surface area contributed by atoms with Gasteiger partial charge in [-0.15, -0.1) is 0 Å². The van der Waals surface area contributed by atoms with E-state index < -0.39 is 45.4 Å². The van der Waals surface area contributed by atoms with E-state index in [9.17, 15) is 28.1 Å². The van der Waals surface area contributed by atoms with Crippen LogP contribution in [-0.2, 0) is 30.8 Å². The van der Waals surface area contributed by atoms with E-state index in [0.29, 0.717) is 38.3 Å². The van der Waals surface area contributed by atoms with Crippen LogP contribution >= 0.6 is 0 Å². The van der Waals surface area contributed by atoms with Crippen molar-refractivity contribution in [2.24, 2.45) is 28.6 Å². The monoisotopic (exact) mass is 585 g/mol. The van der Waals surface area contributed by atoms with Crippen LogP contribution in [0, 0.1) is 39.9 Å². The Balaban J connectivity index is 1.37. The molecule has 0 aromatic heterocycles. The van der Waals surface area contributed by atoms with Crippen LogP contribution in [-0.4, -0.2) is 68.9 Å². The first-order valence-corrected chi connectivity index (χ1v) is 15.7. The molecule has 11 nitrogen and oxygen atoms in total. The van der Waals surface area contributed by atoms with Crippen LogP contribution in [0.2, 0.25) is 0 Å². The second kappa shape index (κ2) is 10.3. The van der Waals surface area contributed by atoms with Crippen molar-refractivity contribution in [2.75, 3.05) is 19.7 Å². The lowest BCUT2D eigenvalue weighted by Gasteiger charge is -2.37. The van der Waals surface area contributed by atoms with E-state index in [1.165, 1.54) is 11.0 Å². The number of rotatable bonds is 8. The Morgan fingerprint density at radius 3 is 2.66 bits per heavy atom. The minimum Gasteiger partial charge on any atom is -0.493 e. The maximum absolute atomic E-state index is 14.1. The number of carbonyl (C=O) groups excluding carboxylic acids is 3. The lowest BCUT2D eigenvalue weighted by atomic mass is 9.86. The number of nitriles is 1. The highest BCUT2D eigenvalue weighted by Crippen LogP contribution is 2.65. The summed E-state index contributed by atoms with van der Waals surface area (Å²) in [6.45, 7) is 10.8. The van der Waals surface area contributed by atoms with Crippen LogP contribution in [0.5, 0.6) is 5.75 Å². The molecule has 3 amide bonds. The molecule has 3 aliphatic heterocycles. The van der Waals surface area contributed by atoms with Gasteiger partial charge in [0.1, 0.15) is 23.9 Å². The van der Waals surface area contributed by atoms with E-state index in [0.717, 1.165) is 5.56 Å². The lowest BCUT2D eigenvalue weighted by molar-refractivity contribution is -0.143. The van der Waals surface area contributed by atoms with E-state index in [-0.39, 0.29) is 40.4 Å². The van der Waals surface area contributed by atoms with Crippen LogP contribution in [0.4, 0.5) is 0 Å². The molecular formula is C29H39N5O6S. The number of fused-ring (bicyclic) bond motifs is 2. The number of sulfonamides is 1. The number of hydrogen-bond acceptors (Lipinski definition) is 7. The molecule has 6 atom stereocenters. The number of carbonyl (C=O) groups is 3. The normalized spacial score (nSPS) is 27.6. The largest absolute Gasteiger partial charge is 0.493 e. The Bertz CT molecular complexity index is 1410. The molecule has 4 aliphatic rings. The maximum Gasteiger partial charge on any atom is 0.244 e. The third-order valence-electron chi connectivity index (χ3n) is 9.27. The summed E-state index contributed by atoms with van der Waals surface area (Å²) in [5.74, 6) is -0.780. The van der Waals surface area contributed by atoms with Crippen LogP contribution in [0.25, 0.3) is 0 Å². The molecule has 12 heteroatoms. The number of benzene rings is 1. The lowest BCUT2D eigenvalue weighted by Crippen LogP contribution is -2.59. The fraction of sp³-hybridized carbons (Fsp3) is 0.655. The van der Waals surface area contributed by atoms with Crippen LogP contribution < -0.4 is 20.1 Å². The highest BCUT2D eigenvalue weighted by Gasteiger charge is 2.69. The Kier molecular flexibility index (Phi) is 7.35. The standard InChI is InChI=1S/C29H39N5O6S/c1-28(2,3)24(33-41(38,39)19-6-7-21-16(13-19)9-11-40-21)27(37)34-15-20-22(29(20,4)5)23(34)26(36)32-18(14-30)12-17-8-10-31-25(17)35/h6-7,13,17-18,20,22-24,33H,8-12,15H2,1-5H3,(H,31,35)(H,32,36)/t17-,18-,20-,22-,23-,24+/m0/s1. The average Bonchev–Trinajstić information content (AvgIpc) is 3.43. The van der Waals surface area contributed by atoms with Gasteiger partial charge < -0.3 is 20.3 Å². The molecule has 1 aliphatic carbocycles. The van der Waals surface area contributed by atoms with Crippen LogP contribution in [0.3, 0.4) is 0 Å². The van der Waals surface area contributed by atoms with Crippen molar-refractivity contribution in [1.29, 1.82) is 5.26 Å². The Morgan fingerprint density at radius 1 is 1.29 bits per heavy atom. The molecule has 222 valence electrons. The van der Waals surface area contributed by atoms with Crippen molar-refractivity contribution in [3.05, 3.63) is 23.8 Å². The molecule has 5 rings (SSSR count). The van der Waals surface area contributed by atoms with Gasteiger partial charge in [-0.2, -0.15) is 9.98 Å². The predicted molar refractivity (Wildman–Crippen MR) is 149 cm³/mol. The van der Waals surface area contributed by atoms with Crippen molar-refractivity contribution in [3.8, 4) is 11.8 Å². The first-order valence-electron chi connectivity index (χ1n) is 14.2. The quantitative estimate of drug-likeness (QED) is 0.415. The zero-order valence-electron chi connectivity index (χ0n) is 24.2. The van der Waals surface area contributed by atoms with Gasteiger partial charge in [-0.3, -0.25) is 14.4 Å². The summed E-state index contributed by atoms with van der Waals surface area (Å²) >= 11 is 0. The number of hydrogen-bond donors (Lipinski definition) is 3. The molecular weight excluding hydrogens is 546 g/mol. The molecule has 3 fully saturated rings. The second-order valence-electron chi connectivity index (χ2n) is 13.4. The van der Waals surface area contributed by atoms with Crippen molar-refractivity contribution < 1.29 is 27.5 Å². The molecule has 1 aromatic carbocycles. The molecule has 1 saturated carbocycles. The third-order valence-corrected chi connectivity index (χ3v) is 10.7. The second-order valence-corrected chi connectivity index (χ2v) is 15.1. The smallest absolute Gasteiger partial charge is 0.244 e. The van der Waals surface area contributed by atoms with Crippen molar-refractivity contribution >= 4 is 27.7 Å². The first kappa shape index (κ1) is 29.3. The van der Waals surface area contributed by atoms with E-state index >= 15 is 0 Å². The molecule has 0 unspecified atom stereocenters. The van der Waals surface area contributed by atoms with Gasteiger partial charge in [0.15, 0.2) is 0 Å². The summed E-state index contributed by atoms with van der Waals surface area (Å²) in [5, 5.41) is 15.3. The number of amides is 3. The Morgan fingerprint density at radius 2 is 2.02 bits per heavy atom. The Hall–Kier alpha value is -3.17. The van der Waals surface area contributed by atoms with Crippen molar-refractivity contribution in [3.63, 3.8) is 0 Å². The zero-order valence-corrected chi connectivity index (χ0v) is 25.0. The fourth-order valence-electron chi connectivity index (χ4n) is 6.69. The van der Waals surface area contributed by atoms with E-state index in [4.69, 9.17) is 4.74 Å². The SMILES string of the molecule is CC(C)(C)[C@H](NS(=O)(=O)c1ccc2c(c1)CCO2)C(=O)N1C[C@H]2[C@@H]([C@H]1C(=O)N[C@H](C#N)C[C@@H]1CCNC1=O)C2(C)C. The summed E-state index contributed by atoms with van der Waals surface area (Å²) in [6, 6.07) is 3.90. The minimum absolute atomic E-state index is 0.0521. The molecule has 0 bridgehead atoms. The van der Waals surface area contributed by atoms with Crippen LogP contribution in [0.15, 0.2) is 23.1 Å². The third kappa shape index (κ3) is 5.42. The molecule has 0 spiro atoms. The van der Waals surface area contributed by atoms with Crippen molar-refractivity contribution in [1.82, 2.24) is 20.3 Å². The van der Waals surface area contributed by atoms with Gasteiger partial charge >= 0.3 is 0 Å². The minimum atomic E-state index is -4.08. The Labute approximate surface area is 241 Å². The molecule has 3 heterocycles. The number of nitrogens with one attached hydrogen (secondary N) is 3. The highest BCUT2D eigenvalue weighted by molar-refractivity contribution is 7.89. The summed E-state index contributed by atoms with van der Waals surface area (Å²) < 4.78 is 35.2. The van der Waals surface area contributed by atoms with Gasteiger partial charge in [0.05, 0.1) is 17.6 Å². The number of piperidine rings is 1. The molecule has 0 radical (unpaired) electrons. The van der Waals surface area contributed by atoms with Gasteiger partial charge in [0, 0.05) is 25.4 Å². The number of nitrogens with zero attached hydrogens (tertiary/aromatic N) is 2. The maximum atomic E-state index is 14.1. The fourth-order valence-corrected chi connectivity index (χ4v) is 8.13. The van der Waals surface area contributed by atoms with Gasteiger partial charge in [0.2, 0.25) is 27.7 Å². The topological polar surface area (TPSA) is 158 Å².